The number of hydrogen-bond donors (Lipinski definition) is 2. The normalized spacial score (nSPS) is 11.3. The maximum Gasteiger partial charge on any atom is 0.345 e. The highest BCUT2D eigenvalue weighted by Crippen LogP contribution is 2.37. The van der Waals surface area contributed by atoms with Crippen LogP contribution >= 0.6 is 11.3 Å². The number of amides is 1. The first-order chi connectivity index (χ1) is 17.0. The van der Waals surface area contributed by atoms with Crippen molar-refractivity contribution in [3.8, 4) is 28.2 Å². The molecule has 7 nitrogen and oxygen atoms in total. The molecule has 2 aromatic carbocycles. The van der Waals surface area contributed by atoms with Crippen LogP contribution in [0.3, 0.4) is 0 Å². The molecule has 0 radical (unpaired) electrons. The molecular weight excluding hydrogens is 460 g/mol. The van der Waals surface area contributed by atoms with Crippen molar-refractivity contribution < 1.29 is 14.7 Å². The molecule has 0 aliphatic carbocycles. The van der Waals surface area contributed by atoms with E-state index in [2.05, 4.69) is 17.1 Å². The number of aromatic nitrogens is 3. The van der Waals surface area contributed by atoms with Crippen LogP contribution in [0.1, 0.15) is 20.0 Å². The molecule has 1 amide bonds. The number of nitrogens with zero attached hydrogens (tertiary/aromatic N) is 3. The van der Waals surface area contributed by atoms with Crippen molar-refractivity contribution in [2.75, 3.05) is 0 Å². The van der Waals surface area contributed by atoms with Crippen LogP contribution in [0.25, 0.3) is 44.1 Å². The summed E-state index contributed by atoms with van der Waals surface area (Å²) in [5.41, 5.74) is 12.2. The Labute approximate surface area is 203 Å². The van der Waals surface area contributed by atoms with Gasteiger partial charge in [0.15, 0.2) is 0 Å². The number of pyridine rings is 1. The molecule has 4 aromatic heterocycles. The summed E-state index contributed by atoms with van der Waals surface area (Å²) in [6.45, 7) is 0. The maximum atomic E-state index is 11.6. The Bertz CT molecular complexity index is 1740. The summed E-state index contributed by atoms with van der Waals surface area (Å²) in [7, 11) is 0. The molecule has 0 aliphatic rings. The van der Waals surface area contributed by atoms with Crippen molar-refractivity contribution in [2.24, 2.45) is 5.73 Å². The van der Waals surface area contributed by atoms with Gasteiger partial charge in [-0.05, 0) is 54.1 Å². The average molecular weight is 479 g/mol. The molecule has 3 N–H and O–H groups in total. The number of imidazole rings is 1. The van der Waals surface area contributed by atoms with E-state index < -0.39 is 11.9 Å². The van der Waals surface area contributed by atoms with Gasteiger partial charge in [0.2, 0.25) is 5.91 Å². The zero-order valence-corrected chi connectivity index (χ0v) is 19.1. The molecule has 0 unspecified atom stereocenters. The van der Waals surface area contributed by atoms with Gasteiger partial charge in [-0.3, -0.25) is 9.20 Å². The van der Waals surface area contributed by atoms with Crippen molar-refractivity contribution in [3.63, 3.8) is 0 Å². The van der Waals surface area contributed by atoms with Gasteiger partial charge < -0.3 is 15.4 Å². The van der Waals surface area contributed by atoms with E-state index in [0.717, 1.165) is 44.1 Å². The van der Waals surface area contributed by atoms with Crippen molar-refractivity contribution in [2.45, 2.75) is 0 Å². The molecular formula is C27H18N4O3S. The molecule has 0 saturated carbocycles. The molecule has 6 rings (SSSR count). The lowest BCUT2D eigenvalue weighted by molar-refractivity contribution is 0.0702. The van der Waals surface area contributed by atoms with Gasteiger partial charge in [0.05, 0.1) is 27.8 Å². The number of aromatic carboxylic acids is 1. The number of carboxylic acids is 1. The molecule has 35 heavy (non-hydrogen) atoms. The summed E-state index contributed by atoms with van der Waals surface area (Å²) >= 11 is 1.23. The van der Waals surface area contributed by atoms with E-state index >= 15 is 0 Å². The van der Waals surface area contributed by atoms with Crippen molar-refractivity contribution >= 4 is 39.1 Å². The number of primary amides is 1. The smallest absolute Gasteiger partial charge is 0.345 e. The maximum absolute atomic E-state index is 11.6. The highest BCUT2D eigenvalue weighted by Gasteiger charge is 2.18. The number of benzene rings is 2. The van der Waals surface area contributed by atoms with Crippen LogP contribution in [0, 0.1) is 0 Å². The minimum absolute atomic E-state index is 0.270. The summed E-state index contributed by atoms with van der Waals surface area (Å²) in [6, 6.07) is 24.7. The third kappa shape index (κ3) is 3.48. The number of hydrogen-bond acceptors (Lipinski definition) is 4. The number of carbonyl (C=O) groups is 2. The molecule has 8 heteroatoms. The fourth-order valence-electron chi connectivity index (χ4n) is 4.32. The number of rotatable bonds is 5. The lowest BCUT2D eigenvalue weighted by atomic mass is 10.1. The van der Waals surface area contributed by atoms with Gasteiger partial charge in [0, 0.05) is 23.0 Å². The topological polar surface area (TPSA) is 103 Å². The van der Waals surface area contributed by atoms with E-state index in [1.807, 2.05) is 69.9 Å². The number of nitrogens with two attached hydrogens (primary N) is 1. The third-order valence-corrected chi connectivity index (χ3v) is 7.06. The Morgan fingerprint density at radius 1 is 0.886 bits per heavy atom. The molecule has 0 aliphatic heterocycles. The summed E-state index contributed by atoms with van der Waals surface area (Å²) < 4.78 is 4.91. The first-order valence-electron chi connectivity index (χ1n) is 10.8. The van der Waals surface area contributed by atoms with E-state index in [1.54, 1.807) is 18.2 Å². The van der Waals surface area contributed by atoms with Crippen LogP contribution in [0.5, 0.6) is 0 Å². The van der Waals surface area contributed by atoms with E-state index in [1.165, 1.54) is 11.3 Å². The molecule has 0 bridgehead atoms. The van der Waals surface area contributed by atoms with Gasteiger partial charge >= 0.3 is 5.97 Å². The monoisotopic (exact) mass is 478 g/mol. The SMILES string of the molecule is NC(=O)c1ccc(-n2c(-c3ccc(-c4cnc5ccccn45)cc3)cc3sc(C(=O)O)cc32)cc1. The standard InChI is InChI=1S/C27H18N4O3S/c28-26(32)18-8-10-19(11-9-18)31-20(13-23-21(31)14-24(35-23)27(33)34)16-4-6-17(7-5-16)22-15-29-25-3-1-2-12-30(22)25/h1-15H,(H2,28,32)(H,33,34). The van der Waals surface area contributed by atoms with Crippen molar-refractivity contribution in [3.05, 3.63) is 102 Å². The predicted molar refractivity (Wildman–Crippen MR) is 136 cm³/mol. The van der Waals surface area contributed by atoms with Crippen LogP contribution in [0.15, 0.2) is 91.3 Å². The second kappa shape index (κ2) is 7.96. The molecule has 0 spiro atoms. The molecule has 4 heterocycles. The first-order valence-corrected chi connectivity index (χ1v) is 11.6. The summed E-state index contributed by atoms with van der Waals surface area (Å²) in [6.07, 6.45) is 3.84. The Balaban J connectivity index is 1.48. The molecule has 0 saturated heterocycles. The van der Waals surface area contributed by atoms with E-state index in [9.17, 15) is 14.7 Å². The van der Waals surface area contributed by atoms with Gasteiger partial charge in [-0.15, -0.1) is 11.3 Å². The minimum atomic E-state index is -0.958. The molecule has 6 aromatic rings. The number of carbonyl (C=O) groups excluding carboxylic acids is 1. The number of fused-ring (bicyclic) bond motifs is 2. The first kappa shape index (κ1) is 20.9. The zero-order chi connectivity index (χ0) is 24.1. The molecule has 0 fully saturated rings. The van der Waals surface area contributed by atoms with Gasteiger partial charge in [0.1, 0.15) is 10.5 Å². The second-order valence-corrected chi connectivity index (χ2v) is 9.17. The van der Waals surface area contributed by atoms with Crippen LogP contribution in [0.2, 0.25) is 0 Å². The fourth-order valence-corrected chi connectivity index (χ4v) is 5.24. The van der Waals surface area contributed by atoms with E-state index in [0.29, 0.717) is 5.56 Å². The lowest BCUT2D eigenvalue weighted by Gasteiger charge is -2.12. The molecule has 170 valence electrons. The van der Waals surface area contributed by atoms with Crippen LogP contribution in [0.4, 0.5) is 0 Å². The fraction of sp³-hybridized carbons (Fsp3) is 0. The number of thiophene rings is 1. The largest absolute Gasteiger partial charge is 0.477 e. The quantitative estimate of drug-likeness (QED) is 0.343. The molecule has 0 atom stereocenters. The Morgan fingerprint density at radius 3 is 2.29 bits per heavy atom. The van der Waals surface area contributed by atoms with Crippen molar-refractivity contribution in [1.29, 1.82) is 0 Å². The van der Waals surface area contributed by atoms with Gasteiger partial charge in [-0.25, -0.2) is 9.78 Å². The predicted octanol–water partition coefficient (Wildman–Crippen LogP) is 5.47. The third-order valence-electron chi connectivity index (χ3n) is 6.00. The second-order valence-electron chi connectivity index (χ2n) is 8.09. The highest BCUT2D eigenvalue weighted by atomic mass is 32.1. The summed E-state index contributed by atoms with van der Waals surface area (Å²) in [5, 5.41) is 9.49. The summed E-state index contributed by atoms with van der Waals surface area (Å²) in [4.78, 5) is 27.9. The highest BCUT2D eigenvalue weighted by molar-refractivity contribution is 7.20. The Hall–Kier alpha value is -4.69. The number of carboxylic acid groups (broad SMARTS) is 1. The van der Waals surface area contributed by atoms with Crippen LogP contribution in [-0.2, 0) is 0 Å². The van der Waals surface area contributed by atoms with Crippen LogP contribution < -0.4 is 5.73 Å². The van der Waals surface area contributed by atoms with E-state index in [4.69, 9.17) is 5.73 Å². The minimum Gasteiger partial charge on any atom is -0.477 e. The lowest BCUT2D eigenvalue weighted by Crippen LogP contribution is -2.10. The van der Waals surface area contributed by atoms with Gasteiger partial charge in [-0.1, -0.05) is 30.3 Å². The van der Waals surface area contributed by atoms with Crippen LogP contribution in [-0.4, -0.2) is 30.9 Å². The Kier molecular flexibility index (Phi) is 4.75. The van der Waals surface area contributed by atoms with Gasteiger partial charge in [0.25, 0.3) is 0 Å². The zero-order valence-electron chi connectivity index (χ0n) is 18.3. The van der Waals surface area contributed by atoms with E-state index in [-0.39, 0.29) is 4.88 Å². The summed E-state index contributed by atoms with van der Waals surface area (Å²) in [5.74, 6) is -1.46. The average Bonchev–Trinajstić information content (AvgIpc) is 3.57. The van der Waals surface area contributed by atoms with Crippen molar-refractivity contribution in [1.82, 2.24) is 14.0 Å². The Morgan fingerprint density at radius 2 is 1.60 bits per heavy atom. The van der Waals surface area contributed by atoms with Gasteiger partial charge in [-0.2, -0.15) is 0 Å².